The lowest BCUT2D eigenvalue weighted by Gasteiger charge is -2.05. The second-order valence-electron chi connectivity index (χ2n) is 3.82. The van der Waals surface area contributed by atoms with Gasteiger partial charge in [0.1, 0.15) is 9.35 Å². The fourth-order valence-corrected chi connectivity index (χ4v) is 2.86. The number of amides is 1. The zero-order valence-electron chi connectivity index (χ0n) is 10.2. The van der Waals surface area contributed by atoms with Gasteiger partial charge in [0.05, 0.1) is 15.5 Å². The molecule has 0 radical (unpaired) electrons. The van der Waals surface area contributed by atoms with Crippen molar-refractivity contribution in [3.05, 3.63) is 55.4 Å². The number of benzene rings is 1. The second kappa shape index (κ2) is 6.02. The predicted molar refractivity (Wildman–Crippen MR) is 80.0 cm³/mol. The average Bonchev–Trinajstić information content (AvgIpc) is 2.87. The standard InChI is InChI=1S/C12H7BrN2O5S/c13-10-6(2-1-3-7(10)15(19)20)11(16)14-9-5-4-8(21-9)12(17)18/h1-5H,(H,14,16)(H,17,18). The number of nitrogens with one attached hydrogen (secondary N) is 1. The van der Waals surface area contributed by atoms with Crippen molar-refractivity contribution in [3.8, 4) is 0 Å². The molecule has 0 atom stereocenters. The summed E-state index contributed by atoms with van der Waals surface area (Å²) in [5, 5.41) is 22.5. The van der Waals surface area contributed by atoms with Crippen LogP contribution in [-0.4, -0.2) is 21.9 Å². The summed E-state index contributed by atoms with van der Waals surface area (Å²) in [6.07, 6.45) is 0. The lowest BCUT2D eigenvalue weighted by atomic mass is 10.2. The third-order valence-electron chi connectivity index (χ3n) is 2.47. The molecule has 1 heterocycles. The van der Waals surface area contributed by atoms with Crippen LogP contribution in [0.4, 0.5) is 10.7 Å². The molecule has 1 aromatic heterocycles. The number of aromatic carboxylic acids is 1. The molecule has 0 aliphatic carbocycles. The molecule has 2 rings (SSSR count). The first-order chi connectivity index (χ1) is 9.90. The van der Waals surface area contributed by atoms with Gasteiger partial charge in [-0.25, -0.2) is 4.79 Å². The van der Waals surface area contributed by atoms with E-state index in [0.717, 1.165) is 11.3 Å². The molecule has 0 fully saturated rings. The Morgan fingerprint density at radius 2 is 2.00 bits per heavy atom. The molecule has 0 saturated heterocycles. The van der Waals surface area contributed by atoms with Crippen LogP contribution in [0.5, 0.6) is 0 Å². The summed E-state index contributed by atoms with van der Waals surface area (Å²) in [6, 6.07) is 6.92. The average molecular weight is 371 g/mol. The molecular weight excluding hydrogens is 364 g/mol. The van der Waals surface area contributed by atoms with Gasteiger partial charge in [0, 0.05) is 6.07 Å². The van der Waals surface area contributed by atoms with Gasteiger partial charge in [0.2, 0.25) is 0 Å². The first-order valence-electron chi connectivity index (χ1n) is 5.47. The minimum Gasteiger partial charge on any atom is -0.477 e. The highest BCUT2D eigenvalue weighted by Crippen LogP contribution is 2.29. The number of hydrogen-bond acceptors (Lipinski definition) is 5. The molecule has 2 N–H and O–H groups in total. The molecule has 0 spiro atoms. The van der Waals surface area contributed by atoms with Crippen LogP contribution in [0.15, 0.2) is 34.8 Å². The summed E-state index contributed by atoms with van der Waals surface area (Å²) >= 11 is 3.93. The van der Waals surface area contributed by atoms with Crippen molar-refractivity contribution < 1.29 is 19.6 Å². The van der Waals surface area contributed by atoms with Crippen LogP contribution in [0.3, 0.4) is 0 Å². The Morgan fingerprint density at radius 1 is 1.29 bits per heavy atom. The molecule has 1 amide bonds. The van der Waals surface area contributed by atoms with Gasteiger partial charge in [0.15, 0.2) is 0 Å². The maximum atomic E-state index is 12.1. The van der Waals surface area contributed by atoms with Gasteiger partial charge >= 0.3 is 5.97 Å². The quantitative estimate of drug-likeness (QED) is 0.633. The fourth-order valence-electron chi connectivity index (χ4n) is 1.54. The summed E-state index contributed by atoms with van der Waals surface area (Å²) in [5.74, 6) is -1.65. The number of nitrogens with zero attached hydrogens (tertiary/aromatic N) is 1. The number of carboxylic acids is 1. The van der Waals surface area contributed by atoms with Crippen molar-refractivity contribution in [2.24, 2.45) is 0 Å². The number of thiophene rings is 1. The Bertz CT molecular complexity index is 743. The van der Waals surface area contributed by atoms with Crippen LogP contribution >= 0.6 is 27.3 Å². The van der Waals surface area contributed by atoms with Crippen LogP contribution < -0.4 is 5.32 Å². The van der Waals surface area contributed by atoms with Gasteiger partial charge in [-0.05, 0) is 34.1 Å². The largest absolute Gasteiger partial charge is 0.477 e. The summed E-state index contributed by atoms with van der Waals surface area (Å²) in [5.41, 5.74) is -0.130. The highest BCUT2D eigenvalue weighted by atomic mass is 79.9. The number of hydrogen-bond donors (Lipinski definition) is 2. The monoisotopic (exact) mass is 370 g/mol. The molecule has 0 aliphatic rings. The first-order valence-corrected chi connectivity index (χ1v) is 7.08. The Kier molecular flexibility index (Phi) is 4.34. The van der Waals surface area contributed by atoms with E-state index in [-0.39, 0.29) is 20.6 Å². The SMILES string of the molecule is O=C(O)c1ccc(NC(=O)c2cccc([N+](=O)[O-])c2Br)s1. The molecular formula is C12H7BrN2O5S. The third-order valence-corrected chi connectivity index (χ3v) is 4.30. The van der Waals surface area contributed by atoms with Crippen molar-refractivity contribution in [3.63, 3.8) is 0 Å². The van der Waals surface area contributed by atoms with Crippen molar-refractivity contribution in [2.75, 3.05) is 5.32 Å². The number of carboxylic acid groups (broad SMARTS) is 1. The van der Waals surface area contributed by atoms with Gasteiger partial charge in [0.25, 0.3) is 11.6 Å². The van der Waals surface area contributed by atoms with Crippen LogP contribution in [-0.2, 0) is 0 Å². The van der Waals surface area contributed by atoms with Crippen molar-refractivity contribution in [2.45, 2.75) is 0 Å². The number of carbonyl (C=O) groups is 2. The predicted octanol–water partition coefficient (Wildman–Crippen LogP) is 3.37. The van der Waals surface area contributed by atoms with E-state index < -0.39 is 16.8 Å². The highest BCUT2D eigenvalue weighted by molar-refractivity contribution is 9.10. The van der Waals surface area contributed by atoms with Crippen molar-refractivity contribution in [1.29, 1.82) is 0 Å². The van der Waals surface area contributed by atoms with E-state index in [1.54, 1.807) is 0 Å². The molecule has 7 nitrogen and oxygen atoms in total. The van der Waals surface area contributed by atoms with E-state index in [1.807, 2.05) is 0 Å². The van der Waals surface area contributed by atoms with E-state index in [0.29, 0.717) is 5.00 Å². The second-order valence-corrected chi connectivity index (χ2v) is 5.70. The smallest absolute Gasteiger partial charge is 0.345 e. The van der Waals surface area contributed by atoms with Crippen LogP contribution in [0.25, 0.3) is 0 Å². The zero-order valence-corrected chi connectivity index (χ0v) is 12.6. The lowest BCUT2D eigenvalue weighted by Crippen LogP contribution is -2.12. The minimum absolute atomic E-state index is 0.0718. The summed E-state index contributed by atoms with van der Waals surface area (Å²) in [4.78, 5) is 33.1. The molecule has 9 heteroatoms. The first kappa shape index (κ1) is 15.1. The Labute approximate surface area is 130 Å². The van der Waals surface area contributed by atoms with Gasteiger partial charge in [-0.15, -0.1) is 11.3 Å². The van der Waals surface area contributed by atoms with E-state index in [4.69, 9.17) is 5.11 Å². The van der Waals surface area contributed by atoms with Gasteiger partial charge < -0.3 is 10.4 Å². The van der Waals surface area contributed by atoms with E-state index in [2.05, 4.69) is 21.2 Å². The normalized spacial score (nSPS) is 10.1. The molecule has 1 aromatic carbocycles. The zero-order chi connectivity index (χ0) is 15.6. The van der Waals surface area contributed by atoms with E-state index in [1.165, 1.54) is 30.3 Å². The Morgan fingerprint density at radius 3 is 2.57 bits per heavy atom. The van der Waals surface area contributed by atoms with Crippen LogP contribution in [0.1, 0.15) is 20.0 Å². The molecule has 0 saturated carbocycles. The maximum absolute atomic E-state index is 12.1. The Balaban J connectivity index is 2.26. The summed E-state index contributed by atoms with van der Waals surface area (Å²) in [7, 11) is 0. The third kappa shape index (κ3) is 3.26. The number of carbonyl (C=O) groups excluding carboxylic acids is 1. The number of nitro groups is 1. The van der Waals surface area contributed by atoms with Crippen molar-refractivity contribution in [1.82, 2.24) is 0 Å². The number of nitro benzene ring substituents is 1. The highest BCUT2D eigenvalue weighted by Gasteiger charge is 2.20. The van der Waals surface area contributed by atoms with E-state index in [9.17, 15) is 19.7 Å². The molecule has 108 valence electrons. The minimum atomic E-state index is -1.09. The van der Waals surface area contributed by atoms with Gasteiger partial charge in [-0.1, -0.05) is 6.07 Å². The van der Waals surface area contributed by atoms with Gasteiger partial charge in [-0.2, -0.15) is 0 Å². The fraction of sp³-hybridized carbons (Fsp3) is 0. The van der Waals surface area contributed by atoms with Crippen LogP contribution in [0.2, 0.25) is 0 Å². The lowest BCUT2D eigenvalue weighted by molar-refractivity contribution is -0.385. The van der Waals surface area contributed by atoms with Gasteiger partial charge in [-0.3, -0.25) is 14.9 Å². The molecule has 0 aliphatic heterocycles. The number of rotatable bonds is 4. The molecule has 21 heavy (non-hydrogen) atoms. The maximum Gasteiger partial charge on any atom is 0.345 e. The Hall–Kier alpha value is -2.26. The summed E-state index contributed by atoms with van der Waals surface area (Å²) in [6.45, 7) is 0. The topological polar surface area (TPSA) is 110 Å². The molecule has 0 bridgehead atoms. The number of halogens is 1. The molecule has 2 aromatic rings. The number of anilines is 1. The summed E-state index contributed by atoms with van der Waals surface area (Å²) < 4.78 is 0.0718. The van der Waals surface area contributed by atoms with Crippen molar-refractivity contribution >= 4 is 49.8 Å². The molecule has 0 unspecified atom stereocenters. The van der Waals surface area contributed by atoms with E-state index >= 15 is 0 Å². The van der Waals surface area contributed by atoms with Crippen LogP contribution in [0, 0.1) is 10.1 Å².